The van der Waals surface area contributed by atoms with Gasteiger partial charge in [0.05, 0.1) is 12.9 Å². The van der Waals surface area contributed by atoms with Gasteiger partial charge in [-0.3, -0.25) is 9.79 Å². The number of aromatic nitrogens is 2. The number of imidazole rings is 1. The Bertz CT molecular complexity index is 740. The van der Waals surface area contributed by atoms with Crippen LogP contribution in [-0.4, -0.2) is 41.1 Å². The van der Waals surface area contributed by atoms with Crippen molar-refractivity contribution in [1.29, 1.82) is 0 Å². The molecule has 1 aliphatic heterocycles. The molecule has 3 N–H and O–H groups in total. The van der Waals surface area contributed by atoms with Crippen LogP contribution < -0.4 is 16.0 Å². The van der Waals surface area contributed by atoms with Crippen LogP contribution in [0.5, 0.6) is 0 Å². The van der Waals surface area contributed by atoms with E-state index >= 15 is 0 Å². The van der Waals surface area contributed by atoms with Crippen LogP contribution in [0.2, 0.25) is 0 Å². The zero-order valence-corrected chi connectivity index (χ0v) is 15.1. The van der Waals surface area contributed by atoms with E-state index in [1.807, 2.05) is 37.6 Å². The SMILES string of the molecule is CCNC(=NCC1CC(=O)Nc2ccccc21)NCCCn1ccnc1. The highest BCUT2D eigenvalue weighted by atomic mass is 16.1. The van der Waals surface area contributed by atoms with Gasteiger partial charge in [-0.05, 0) is 25.0 Å². The predicted molar refractivity (Wildman–Crippen MR) is 103 cm³/mol. The number of nitrogens with zero attached hydrogens (tertiary/aromatic N) is 3. The summed E-state index contributed by atoms with van der Waals surface area (Å²) in [6, 6.07) is 7.96. The molecular formula is C19H26N6O. The largest absolute Gasteiger partial charge is 0.357 e. The van der Waals surface area contributed by atoms with E-state index in [0.29, 0.717) is 13.0 Å². The molecule has 1 amide bonds. The van der Waals surface area contributed by atoms with Gasteiger partial charge in [-0.2, -0.15) is 0 Å². The third-order valence-electron chi connectivity index (χ3n) is 4.37. The van der Waals surface area contributed by atoms with E-state index in [0.717, 1.165) is 43.3 Å². The van der Waals surface area contributed by atoms with Crippen LogP contribution in [0.25, 0.3) is 0 Å². The molecule has 1 aliphatic rings. The van der Waals surface area contributed by atoms with Crippen LogP contribution >= 0.6 is 0 Å². The quantitative estimate of drug-likeness (QED) is 0.403. The number of anilines is 1. The summed E-state index contributed by atoms with van der Waals surface area (Å²) in [6.07, 6.45) is 7.03. The van der Waals surface area contributed by atoms with Crippen molar-refractivity contribution in [1.82, 2.24) is 20.2 Å². The number of amides is 1. The number of nitrogens with one attached hydrogen (secondary N) is 3. The maximum absolute atomic E-state index is 11.9. The van der Waals surface area contributed by atoms with Crippen LogP contribution in [0, 0.1) is 0 Å². The monoisotopic (exact) mass is 354 g/mol. The summed E-state index contributed by atoms with van der Waals surface area (Å²) in [4.78, 5) is 20.7. The number of carbonyl (C=O) groups excluding carboxylic acids is 1. The second-order valence-corrected chi connectivity index (χ2v) is 6.34. The van der Waals surface area contributed by atoms with Gasteiger partial charge in [0.1, 0.15) is 0 Å². The van der Waals surface area contributed by atoms with Gasteiger partial charge < -0.3 is 20.5 Å². The summed E-state index contributed by atoms with van der Waals surface area (Å²) in [6.45, 7) is 5.18. The number of para-hydroxylation sites is 1. The normalized spacial score (nSPS) is 16.7. The molecule has 1 atom stereocenters. The number of carbonyl (C=O) groups is 1. The first-order valence-corrected chi connectivity index (χ1v) is 9.13. The van der Waals surface area contributed by atoms with Gasteiger partial charge in [-0.15, -0.1) is 0 Å². The van der Waals surface area contributed by atoms with Crippen molar-refractivity contribution in [2.75, 3.05) is 25.0 Å². The van der Waals surface area contributed by atoms with Crippen molar-refractivity contribution in [2.24, 2.45) is 4.99 Å². The third-order valence-corrected chi connectivity index (χ3v) is 4.37. The smallest absolute Gasteiger partial charge is 0.225 e. The van der Waals surface area contributed by atoms with Crippen molar-refractivity contribution in [3.63, 3.8) is 0 Å². The molecule has 0 fully saturated rings. The minimum atomic E-state index is 0.0576. The Kier molecular flexibility index (Phi) is 6.24. The number of guanidine groups is 1. The average Bonchev–Trinajstić information content (AvgIpc) is 3.16. The molecule has 0 bridgehead atoms. The third kappa shape index (κ3) is 4.84. The zero-order chi connectivity index (χ0) is 18.2. The van der Waals surface area contributed by atoms with Gasteiger partial charge in [0.25, 0.3) is 0 Å². The fraction of sp³-hybridized carbons (Fsp3) is 0.421. The molecular weight excluding hydrogens is 328 g/mol. The summed E-state index contributed by atoms with van der Waals surface area (Å²) in [5.74, 6) is 0.963. The molecule has 3 rings (SSSR count). The Labute approximate surface area is 153 Å². The summed E-state index contributed by atoms with van der Waals surface area (Å²) in [7, 11) is 0. The molecule has 7 heteroatoms. The van der Waals surface area contributed by atoms with Crippen LogP contribution in [-0.2, 0) is 11.3 Å². The lowest BCUT2D eigenvalue weighted by molar-refractivity contribution is -0.116. The van der Waals surface area contributed by atoms with E-state index in [4.69, 9.17) is 4.99 Å². The first-order valence-electron chi connectivity index (χ1n) is 9.13. The number of hydrogen-bond donors (Lipinski definition) is 3. The van der Waals surface area contributed by atoms with Crippen LogP contribution in [0.1, 0.15) is 31.2 Å². The number of aryl methyl sites for hydroxylation is 1. The minimum Gasteiger partial charge on any atom is -0.357 e. The number of hydrogen-bond acceptors (Lipinski definition) is 3. The Morgan fingerprint density at radius 3 is 3.08 bits per heavy atom. The highest BCUT2D eigenvalue weighted by Gasteiger charge is 2.24. The maximum atomic E-state index is 11.9. The Morgan fingerprint density at radius 2 is 2.27 bits per heavy atom. The standard InChI is InChI=1S/C19H26N6O/c1-2-21-19(22-8-5-10-25-11-9-20-14-25)23-13-15-12-18(26)24-17-7-4-3-6-16(15)17/h3-4,6-7,9,11,14-15H,2,5,8,10,12-13H2,1H3,(H,24,26)(H2,21,22,23). The molecule has 1 unspecified atom stereocenters. The molecule has 0 saturated heterocycles. The van der Waals surface area contributed by atoms with Gasteiger partial charge in [-0.25, -0.2) is 4.98 Å². The van der Waals surface area contributed by atoms with Crippen LogP contribution in [0.3, 0.4) is 0 Å². The molecule has 1 aromatic heterocycles. The van der Waals surface area contributed by atoms with Crippen molar-refractivity contribution in [3.8, 4) is 0 Å². The van der Waals surface area contributed by atoms with Crippen LogP contribution in [0.4, 0.5) is 5.69 Å². The molecule has 138 valence electrons. The summed E-state index contributed by atoms with van der Waals surface area (Å²) < 4.78 is 2.06. The number of benzene rings is 1. The zero-order valence-electron chi connectivity index (χ0n) is 15.1. The molecule has 2 heterocycles. The highest BCUT2D eigenvalue weighted by molar-refractivity contribution is 5.94. The lowest BCUT2D eigenvalue weighted by Crippen LogP contribution is -2.38. The number of rotatable bonds is 7. The fourth-order valence-electron chi connectivity index (χ4n) is 3.10. The van der Waals surface area contributed by atoms with Crippen molar-refractivity contribution in [3.05, 3.63) is 48.5 Å². The van der Waals surface area contributed by atoms with E-state index in [2.05, 4.69) is 31.6 Å². The second kappa shape index (κ2) is 9.03. The summed E-state index contributed by atoms with van der Waals surface area (Å²) >= 11 is 0. The topological polar surface area (TPSA) is 83.3 Å². The average molecular weight is 354 g/mol. The predicted octanol–water partition coefficient (Wildman–Crippen LogP) is 1.95. The number of fused-ring (bicyclic) bond motifs is 1. The first-order chi connectivity index (χ1) is 12.8. The second-order valence-electron chi connectivity index (χ2n) is 6.34. The molecule has 0 radical (unpaired) electrons. The molecule has 0 aliphatic carbocycles. The minimum absolute atomic E-state index is 0.0576. The van der Waals surface area contributed by atoms with Gasteiger partial charge >= 0.3 is 0 Å². The molecule has 0 saturated carbocycles. The van der Waals surface area contributed by atoms with Crippen LogP contribution in [0.15, 0.2) is 48.0 Å². The first kappa shape index (κ1) is 18.0. The highest BCUT2D eigenvalue weighted by Crippen LogP contribution is 2.31. The molecule has 7 nitrogen and oxygen atoms in total. The van der Waals surface area contributed by atoms with Gasteiger partial charge in [0.15, 0.2) is 5.96 Å². The van der Waals surface area contributed by atoms with Gasteiger partial charge in [0, 0.05) is 50.1 Å². The Morgan fingerprint density at radius 1 is 1.38 bits per heavy atom. The van der Waals surface area contributed by atoms with E-state index in [1.54, 1.807) is 6.20 Å². The van der Waals surface area contributed by atoms with E-state index in [-0.39, 0.29) is 11.8 Å². The summed E-state index contributed by atoms with van der Waals surface area (Å²) in [5, 5.41) is 9.56. The Hall–Kier alpha value is -2.83. The van der Waals surface area contributed by atoms with Crippen molar-refractivity contribution < 1.29 is 4.79 Å². The maximum Gasteiger partial charge on any atom is 0.225 e. The van der Waals surface area contributed by atoms with E-state index in [1.165, 1.54) is 0 Å². The van der Waals surface area contributed by atoms with Crippen molar-refractivity contribution >= 4 is 17.6 Å². The lowest BCUT2D eigenvalue weighted by atomic mass is 9.91. The van der Waals surface area contributed by atoms with E-state index in [9.17, 15) is 4.79 Å². The fourth-order valence-corrected chi connectivity index (χ4v) is 3.10. The molecule has 0 spiro atoms. The molecule has 1 aromatic carbocycles. The van der Waals surface area contributed by atoms with Gasteiger partial charge in [-0.1, -0.05) is 18.2 Å². The lowest BCUT2D eigenvalue weighted by Gasteiger charge is -2.24. The summed E-state index contributed by atoms with van der Waals surface area (Å²) in [5.41, 5.74) is 2.06. The van der Waals surface area contributed by atoms with Gasteiger partial charge in [0.2, 0.25) is 5.91 Å². The number of aliphatic imine (C=N–C) groups is 1. The molecule has 2 aromatic rings. The Balaban J connectivity index is 1.56. The van der Waals surface area contributed by atoms with E-state index < -0.39 is 0 Å². The van der Waals surface area contributed by atoms with Crippen molar-refractivity contribution in [2.45, 2.75) is 32.2 Å². The molecule has 26 heavy (non-hydrogen) atoms.